The predicted molar refractivity (Wildman–Crippen MR) is 95.1 cm³/mol. The van der Waals surface area contributed by atoms with Gasteiger partial charge in [-0.3, -0.25) is 10.0 Å². The average Bonchev–Trinajstić information content (AvgIpc) is 2.62. The number of benzene rings is 1. The molecule has 1 atom stereocenters. The van der Waals surface area contributed by atoms with Gasteiger partial charge in [-0.05, 0) is 51.0 Å². The van der Waals surface area contributed by atoms with Gasteiger partial charge in [-0.1, -0.05) is 0 Å². The Hall–Kier alpha value is -1.14. The molecule has 1 unspecified atom stereocenters. The molecule has 11 heteroatoms. The van der Waals surface area contributed by atoms with Crippen molar-refractivity contribution in [2.75, 3.05) is 13.1 Å². The molecular weight excluding hydrogens is 405 g/mol. The van der Waals surface area contributed by atoms with E-state index >= 15 is 0 Å². The van der Waals surface area contributed by atoms with Crippen LogP contribution in [0.5, 0.6) is 0 Å². The van der Waals surface area contributed by atoms with Crippen molar-refractivity contribution in [2.24, 2.45) is 0 Å². The number of rotatable bonds is 6. The second kappa shape index (κ2) is 8.91. The van der Waals surface area contributed by atoms with Crippen LogP contribution in [0, 0.1) is 0 Å². The van der Waals surface area contributed by atoms with Crippen molar-refractivity contribution in [1.82, 2.24) is 10.5 Å². The molecule has 0 radical (unpaired) electrons. The summed E-state index contributed by atoms with van der Waals surface area (Å²) < 4.78 is 53.9. The fraction of sp³-hybridized carbons (Fsp3) is 0.562. The lowest BCUT2D eigenvalue weighted by atomic mass is 10.2. The second-order valence-electron chi connectivity index (χ2n) is 6.53. The Bertz CT molecular complexity index is 675. The number of nitrogens with zero attached hydrogens (tertiary/aromatic N) is 1. The summed E-state index contributed by atoms with van der Waals surface area (Å²) in [5.41, 5.74) is 0.793. The Morgan fingerprint density at radius 3 is 2.30 bits per heavy atom. The minimum atomic E-state index is -4.35. The van der Waals surface area contributed by atoms with Crippen LogP contribution in [0.1, 0.15) is 32.3 Å². The highest BCUT2D eigenvalue weighted by molar-refractivity contribution is 8.00. The maximum Gasteiger partial charge on any atom is 0.416 e. The van der Waals surface area contributed by atoms with Crippen molar-refractivity contribution in [3.63, 3.8) is 0 Å². The van der Waals surface area contributed by atoms with Crippen LogP contribution in [0.2, 0.25) is 0 Å². The van der Waals surface area contributed by atoms with Crippen molar-refractivity contribution in [3.8, 4) is 0 Å². The zero-order valence-corrected chi connectivity index (χ0v) is 16.4. The number of carbonyl (C=O) groups is 1. The summed E-state index contributed by atoms with van der Waals surface area (Å²) in [6.45, 7) is 3.73. The highest BCUT2D eigenvalue weighted by atomic mass is 32.2. The van der Waals surface area contributed by atoms with Gasteiger partial charge in [0.1, 0.15) is 4.75 Å². The number of hydrogen-bond donors (Lipinski definition) is 2. The van der Waals surface area contributed by atoms with E-state index in [1.165, 1.54) is 48.3 Å². The van der Waals surface area contributed by atoms with Gasteiger partial charge >= 0.3 is 6.18 Å². The van der Waals surface area contributed by atoms with Gasteiger partial charge in [-0.15, -0.1) is 11.8 Å². The lowest BCUT2D eigenvalue weighted by Crippen LogP contribution is -2.47. The number of thioether (sulfide) groups is 1. The van der Waals surface area contributed by atoms with E-state index in [-0.39, 0.29) is 5.25 Å². The first kappa shape index (κ1) is 22.2. The molecule has 0 aromatic heterocycles. The first-order valence-corrected chi connectivity index (χ1v) is 10.1. The molecule has 27 heavy (non-hydrogen) atoms. The quantitative estimate of drug-likeness (QED) is 0.538. The van der Waals surface area contributed by atoms with Crippen LogP contribution in [-0.2, 0) is 26.3 Å². The Labute approximate surface area is 162 Å². The van der Waals surface area contributed by atoms with Crippen LogP contribution in [-0.4, -0.2) is 43.5 Å². The third-order valence-electron chi connectivity index (χ3n) is 4.12. The summed E-state index contributed by atoms with van der Waals surface area (Å²) in [6, 6.07) is 5.05. The van der Waals surface area contributed by atoms with Gasteiger partial charge in [0.25, 0.3) is 5.91 Å². The number of hydroxylamine groups is 3. The van der Waals surface area contributed by atoms with E-state index in [2.05, 4.69) is 0 Å². The third-order valence-corrected chi connectivity index (χ3v) is 6.84. The second-order valence-corrected chi connectivity index (χ2v) is 9.54. The molecule has 6 nitrogen and oxygen atoms in total. The molecule has 1 heterocycles. The molecule has 152 valence electrons. The topological polar surface area (TPSA) is 78.9 Å². The molecule has 1 aliphatic heterocycles. The first-order valence-electron chi connectivity index (χ1n) is 8.17. The highest BCUT2D eigenvalue weighted by Crippen LogP contribution is 2.34. The molecule has 1 saturated heterocycles. The van der Waals surface area contributed by atoms with Crippen molar-refractivity contribution in [1.29, 1.82) is 0 Å². The minimum absolute atomic E-state index is 0.198. The minimum Gasteiger partial charge on any atom is -0.289 e. The normalized spacial score (nSPS) is 18.3. The maximum atomic E-state index is 12.6. The van der Waals surface area contributed by atoms with E-state index in [0.717, 1.165) is 17.0 Å². The Balaban J connectivity index is 1.83. The molecular formula is C16H21F3N2O4S2. The zero-order valence-electron chi connectivity index (χ0n) is 14.8. The van der Waals surface area contributed by atoms with Crippen molar-refractivity contribution < 1.29 is 31.7 Å². The summed E-state index contributed by atoms with van der Waals surface area (Å²) in [5.74, 6) is -0.812. The van der Waals surface area contributed by atoms with Crippen LogP contribution < -0.4 is 5.48 Å². The Kier molecular flexibility index (Phi) is 7.31. The number of hydrogen-bond acceptors (Lipinski definition) is 6. The molecule has 0 spiro atoms. The molecule has 1 fully saturated rings. The van der Waals surface area contributed by atoms with Crippen LogP contribution >= 0.6 is 11.8 Å². The molecule has 2 rings (SSSR count). The molecule has 1 amide bonds. The van der Waals surface area contributed by atoms with Crippen LogP contribution in [0.25, 0.3) is 0 Å². The fourth-order valence-corrected chi connectivity index (χ4v) is 4.19. The monoisotopic (exact) mass is 426 g/mol. The molecule has 0 aliphatic carbocycles. The van der Waals surface area contributed by atoms with Gasteiger partial charge in [0.05, 0.1) is 5.56 Å². The number of carbonyl (C=O) groups excluding carboxylic acids is 1. The van der Waals surface area contributed by atoms with Gasteiger partial charge in [0.2, 0.25) is 0 Å². The Morgan fingerprint density at radius 1 is 1.26 bits per heavy atom. The number of halogens is 3. The summed E-state index contributed by atoms with van der Waals surface area (Å²) in [7, 11) is 0. The van der Waals surface area contributed by atoms with Gasteiger partial charge < -0.3 is 0 Å². The van der Waals surface area contributed by atoms with Crippen LogP contribution in [0.15, 0.2) is 29.2 Å². The molecule has 2 N–H and O–H groups in total. The lowest BCUT2D eigenvalue weighted by molar-refractivity contribution is -0.137. The van der Waals surface area contributed by atoms with Gasteiger partial charge in [-0.25, -0.2) is 9.69 Å². The summed E-state index contributed by atoms with van der Waals surface area (Å²) >= 11 is -0.481. The average molecular weight is 426 g/mol. The van der Waals surface area contributed by atoms with E-state index in [0.29, 0.717) is 25.9 Å². The predicted octanol–water partition coefficient (Wildman–Crippen LogP) is 3.14. The summed E-state index contributed by atoms with van der Waals surface area (Å²) in [4.78, 5) is 12.3. The fourth-order valence-electron chi connectivity index (χ4n) is 2.34. The maximum absolute atomic E-state index is 12.6. The Morgan fingerprint density at radius 2 is 1.81 bits per heavy atom. The smallest absolute Gasteiger partial charge is 0.289 e. The van der Waals surface area contributed by atoms with Crippen molar-refractivity contribution >= 4 is 28.7 Å². The third kappa shape index (κ3) is 5.92. The van der Waals surface area contributed by atoms with Gasteiger partial charge in [-0.2, -0.15) is 22.5 Å². The van der Waals surface area contributed by atoms with E-state index in [1.54, 1.807) is 0 Å². The van der Waals surface area contributed by atoms with E-state index in [9.17, 15) is 22.2 Å². The highest BCUT2D eigenvalue weighted by Gasteiger charge is 2.38. The molecule has 0 bridgehead atoms. The largest absolute Gasteiger partial charge is 0.416 e. The SMILES string of the molecule is CC(C)(C(=O)NO)S(=O)ON1CCC(Sc2ccc(C(F)(F)F)cc2)CC1. The number of piperidine rings is 1. The van der Waals surface area contributed by atoms with E-state index in [4.69, 9.17) is 9.49 Å². The van der Waals surface area contributed by atoms with E-state index in [1.807, 2.05) is 0 Å². The van der Waals surface area contributed by atoms with Crippen molar-refractivity contribution in [2.45, 2.75) is 47.8 Å². The standard InChI is InChI=1S/C16H21F3N2O4S2/c1-15(2,14(22)20-23)27(24)25-21-9-7-13(8-10-21)26-12-5-3-11(4-6-12)16(17,18)19/h3-6,13,23H,7-10H2,1-2H3,(H,20,22). The number of alkyl halides is 3. The molecule has 0 saturated carbocycles. The van der Waals surface area contributed by atoms with Gasteiger partial charge in [0, 0.05) is 23.2 Å². The van der Waals surface area contributed by atoms with Crippen LogP contribution in [0.3, 0.4) is 0 Å². The van der Waals surface area contributed by atoms with Gasteiger partial charge in [0.15, 0.2) is 11.1 Å². The molecule has 1 aromatic rings. The summed E-state index contributed by atoms with van der Waals surface area (Å²) in [6.07, 6.45) is -2.97. The molecule has 1 aliphatic rings. The van der Waals surface area contributed by atoms with Crippen LogP contribution in [0.4, 0.5) is 13.2 Å². The first-order chi connectivity index (χ1) is 12.5. The van der Waals surface area contributed by atoms with Crippen molar-refractivity contribution in [3.05, 3.63) is 29.8 Å². The zero-order chi connectivity index (χ0) is 20.2. The number of amides is 1. The molecule has 1 aromatic carbocycles. The summed E-state index contributed by atoms with van der Waals surface area (Å²) in [5, 5.41) is 10.4. The van der Waals surface area contributed by atoms with E-state index < -0.39 is 33.5 Å². The number of nitrogens with one attached hydrogen (secondary N) is 1. The lowest BCUT2D eigenvalue weighted by Gasteiger charge is -2.31.